The SMILES string of the molecule is CN(C)c1ccc(C(c2cc(C(C)(C)C)c(O)c(C(C)(C)C)c2)C(c2ccc(C(F)(F)F)cc2)S(=O)(=O)c2ccccc2)cc1. The molecule has 4 aromatic carbocycles. The van der Waals surface area contributed by atoms with Crippen molar-refractivity contribution in [3.8, 4) is 5.75 Å². The number of phenols is 1. The maximum atomic E-state index is 14.7. The zero-order chi connectivity index (χ0) is 33.5. The van der Waals surface area contributed by atoms with Crippen LogP contribution in [-0.2, 0) is 26.8 Å². The van der Waals surface area contributed by atoms with Gasteiger partial charge in [0.2, 0.25) is 0 Å². The zero-order valence-corrected chi connectivity index (χ0v) is 27.9. The second-order valence-electron chi connectivity index (χ2n) is 13.8. The van der Waals surface area contributed by atoms with Crippen molar-refractivity contribution in [3.05, 3.63) is 124 Å². The number of sulfone groups is 1. The number of aromatic hydroxyl groups is 1. The highest BCUT2D eigenvalue weighted by atomic mass is 32.2. The number of benzene rings is 4. The Balaban J connectivity index is 2.14. The van der Waals surface area contributed by atoms with Crippen LogP contribution in [0.4, 0.5) is 18.9 Å². The fraction of sp³-hybridized carbons (Fsp3) is 0.351. The van der Waals surface area contributed by atoms with Gasteiger partial charge in [-0.3, -0.25) is 0 Å². The van der Waals surface area contributed by atoms with Gasteiger partial charge in [-0.2, -0.15) is 13.2 Å². The molecule has 4 aromatic rings. The lowest BCUT2D eigenvalue weighted by Crippen LogP contribution is -2.25. The predicted molar refractivity (Wildman–Crippen MR) is 176 cm³/mol. The van der Waals surface area contributed by atoms with E-state index in [-0.39, 0.29) is 16.2 Å². The molecule has 0 aliphatic carbocycles. The maximum Gasteiger partial charge on any atom is 0.416 e. The van der Waals surface area contributed by atoms with Crippen molar-refractivity contribution in [2.24, 2.45) is 0 Å². The third-order valence-electron chi connectivity index (χ3n) is 8.15. The van der Waals surface area contributed by atoms with Crippen molar-refractivity contribution in [1.82, 2.24) is 0 Å². The van der Waals surface area contributed by atoms with E-state index in [4.69, 9.17) is 0 Å². The van der Waals surface area contributed by atoms with E-state index in [0.29, 0.717) is 22.3 Å². The Kier molecular flexibility index (Phi) is 9.24. The van der Waals surface area contributed by atoms with Crippen molar-refractivity contribution in [3.63, 3.8) is 0 Å². The Morgan fingerprint density at radius 3 is 1.56 bits per heavy atom. The minimum absolute atomic E-state index is 0.0654. The van der Waals surface area contributed by atoms with Crippen molar-refractivity contribution in [2.75, 3.05) is 19.0 Å². The first kappa shape index (κ1) is 34.1. The van der Waals surface area contributed by atoms with Crippen LogP contribution in [-0.4, -0.2) is 27.6 Å². The van der Waals surface area contributed by atoms with Gasteiger partial charge < -0.3 is 10.0 Å². The molecule has 0 bridgehead atoms. The number of hydrogen-bond acceptors (Lipinski definition) is 4. The lowest BCUT2D eigenvalue weighted by Gasteiger charge is -2.33. The number of alkyl halides is 3. The molecule has 1 N–H and O–H groups in total. The van der Waals surface area contributed by atoms with E-state index in [1.165, 1.54) is 24.3 Å². The second kappa shape index (κ2) is 12.2. The average molecular weight is 638 g/mol. The van der Waals surface area contributed by atoms with E-state index in [1.54, 1.807) is 18.2 Å². The van der Waals surface area contributed by atoms with Crippen LogP contribution in [0.25, 0.3) is 0 Å². The van der Waals surface area contributed by atoms with Crippen LogP contribution in [0.1, 0.15) is 86.1 Å². The summed E-state index contributed by atoms with van der Waals surface area (Å²) in [6.45, 7) is 11.9. The Bertz CT molecular complexity index is 1700. The summed E-state index contributed by atoms with van der Waals surface area (Å²) in [7, 11) is -0.375. The van der Waals surface area contributed by atoms with E-state index < -0.39 is 43.6 Å². The van der Waals surface area contributed by atoms with Crippen LogP contribution < -0.4 is 4.90 Å². The molecule has 0 aliphatic rings. The number of nitrogens with zero attached hydrogens (tertiary/aromatic N) is 1. The van der Waals surface area contributed by atoms with Crippen LogP contribution in [0, 0.1) is 0 Å². The summed E-state index contributed by atoms with van der Waals surface area (Å²) in [5.74, 6) is -0.691. The summed E-state index contributed by atoms with van der Waals surface area (Å²) >= 11 is 0. The van der Waals surface area contributed by atoms with Gasteiger partial charge in [0.25, 0.3) is 0 Å². The molecule has 0 aliphatic heterocycles. The van der Waals surface area contributed by atoms with Gasteiger partial charge in [-0.1, -0.05) is 96.1 Å². The van der Waals surface area contributed by atoms with Crippen LogP contribution in [0.2, 0.25) is 0 Å². The van der Waals surface area contributed by atoms with Gasteiger partial charge in [-0.15, -0.1) is 0 Å². The van der Waals surface area contributed by atoms with E-state index in [9.17, 15) is 26.7 Å². The lowest BCUT2D eigenvalue weighted by molar-refractivity contribution is -0.137. The highest BCUT2D eigenvalue weighted by Crippen LogP contribution is 2.49. The number of phenolic OH excluding ortho intramolecular Hbond substituents is 1. The second-order valence-corrected chi connectivity index (χ2v) is 15.9. The summed E-state index contributed by atoms with van der Waals surface area (Å²) in [6, 6.07) is 23.7. The Morgan fingerprint density at radius 1 is 0.667 bits per heavy atom. The minimum atomic E-state index is -4.58. The molecule has 0 spiro atoms. The molecule has 4 nitrogen and oxygen atoms in total. The van der Waals surface area contributed by atoms with Crippen molar-refractivity contribution < 1.29 is 26.7 Å². The number of halogens is 3. The third kappa shape index (κ3) is 7.22. The molecule has 0 amide bonds. The molecule has 0 radical (unpaired) electrons. The van der Waals surface area contributed by atoms with E-state index in [2.05, 4.69) is 0 Å². The normalized spacial score (nSPS) is 14.2. The molecule has 0 saturated carbocycles. The topological polar surface area (TPSA) is 57.6 Å². The molecule has 0 aromatic heterocycles. The van der Waals surface area contributed by atoms with E-state index >= 15 is 0 Å². The summed E-state index contributed by atoms with van der Waals surface area (Å²) in [5, 5.41) is 10.2. The van der Waals surface area contributed by atoms with E-state index in [1.807, 2.05) is 96.9 Å². The highest BCUT2D eigenvalue weighted by Gasteiger charge is 2.40. The summed E-state index contributed by atoms with van der Waals surface area (Å²) in [6.07, 6.45) is -4.58. The van der Waals surface area contributed by atoms with Crippen molar-refractivity contribution in [1.29, 1.82) is 0 Å². The fourth-order valence-electron chi connectivity index (χ4n) is 5.67. The van der Waals surface area contributed by atoms with Gasteiger partial charge in [0.15, 0.2) is 9.84 Å². The Hall–Kier alpha value is -3.78. The quantitative estimate of drug-likeness (QED) is 0.219. The number of hydrogen-bond donors (Lipinski definition) is 1. The Labute approximate surface area is 265 Å². The predicted octanol–water partition coefficient (Wildman–Crippen LogP) is 9.42. The van der Waals surface area contributed by atoms with Crippen LogP contribution in [0.15, 0.2) is 95.9 Å². The van der Waals surface area contributed by atoms with Gasteiger partial charge in [0.1, 0.15) is 11.0 Å². The van der Waals surface area contributed by atoms with E-state index in [0.717, 1.165) is 17.8 Å². The standard InChI is InChI=1S/C37H42F3NO3S/c1-35(2,3)30-22-26(23-31(33(30)42)36(4,5)6)32(24-16-20-28(21-17-24)41(7)8)34(45(43,44)29-12-10-9-11-13-29)25-14-18-27(19-15-25)37(38,39)40/h9-23,32,34,42H,1-8H3. The summed E-state index contributed by atoms with van der Waals surface area (Å²) < 4.78 is 70.3. The monoisotopic (exact) mass is 637 g/mol. The lowest BCUT2D eigenvalue weighted by atomic mass is 9.75. The molecule has 0 heterocycles. The first-order chi connectivity index (χ1) is 20.7. The van der Waals surface area contributed by atoms with Gasteiger partial charge in [0.05, 0.1) is 10.5 Å². The van der Waals surface area contributed by atoms with Gasteiger partial charge in [-0.25, -0.2) is 8.42 Å². The zero-order valence-electron chi connectivity index (χ0n) is 27.1. The van der Waals surface area contributed by atoms with Crippen molar-refractivity contribution in [2.45, 2.75) is 74.6 Å². The smallest absolute Gasteiger partial charge is 0.416 e. The largest absolute Gasteiger partial charge is 0.507 e. The molecule has 4 rings (SSSR count). The van der Waals surface area contributed by atoms with Crippen molar-refractivity contribution >= 4 is 15.5 Å². The van der Waals surface area contributed by atoms with Crippen LogP contribution >= 0.6 is 0 Å². The number of anilines is 1. The summed E-state index contributed by atoms with van der Waals surface area (Å²) in [4.78, 5) is 2.00. The molecule has 2 unspecified atom stereocenters. The molecule has 2 atom stereocenters. The molecule has 240 valence electrons. The highest BCUT2D eigenvalue weighted by molar-refractivity contribution is 7.91. The number of rotatable bonds is 7. The maximum absolute atomic E-state index is 14.7. The van der Waals surface area contributed by atoms with Crippen LogP contribution in [0.5, 0.6) is 5.75 Å². The molecule has 45 heavy (non-hydrogen) atoms. The average Bonchev–Trinajstić information content (AvgIpc) is 2.95. The first-order valence-corrected chi connectivity index (χ1v) is 16.4. The van der Waals surface area contributed by atoms with Crippen LogP contribution in [0.3, 0.4) is 0 Å². The first-order valence-electron chi connectivity index (χ1n) is 14.8. The molecular weight excluding hydrogens is 595 g/mol. The summed E-state index contributed by atoms with van der Waals surface area (Å²) in [5.41, 5.74) is 1.92. The van der Waals surface area contributed by atoms with Gasteiger partial charge in [0, 0.05) is 25.7 Å². The minimum Gasteiger partial charge on any atom is -0.507 e. The fourth-order valence-corrected chi connectivity index (χ4v) is 7.69. The Morgan fingerprint density at radius 2 is 1.13 bits per heavy atom. The molecular formula is C37H42F3NO3S. The third-order valence-corrected chi connectivity index (χ3v) is 10.3. The molecule has 0 saturated heterocycles. The molecule has 8 heteroatoms. The van der Waals surface area contributed by atoms with Gasteiger partial charge in [-0.05, 0) is 75.0 Å². The van der Waals surface area contributed by atoms with Gasteiger partial charge >= 0.3 is 6.18 Å². The molecule has 0 fully saturated rings.